The van der Waals surface area contributed by atoms with Crippen LogP contribution >= 0.6 is 0 Å². The van der Waals surface area contributed by atoms with Crippen LogP contribution in [0.15, 0.2) is 36.5 Å². The maximum atomic E-state index is 10.3. The van der Waals surface area contributed by atoms with Crippen molar-refractivity contribution >= 4 is 0 Å². The van der Waals surface area contributed by atoms with Gasteiger partial charge in [-0.05, 0) is 17.7 Å². The molecule has 0 spiro atoms. The van der Waals surface area contributed by atoms with Crippen LogP contribution in [0.25, 0.3) is 0 Å². The molecule has 0 saturated heterocycles. The normalized spacial score (nSPS) is 20.9. The van der Waals surface area contributed by atoms with E-state index < -0.39 is 12.2 Å². The van der Waals surface area contributed by atoms with Crippen LogP contribution in [0.3, 0.4) is 0 Å². The molecule has 1 aliphatic heterocycles. The predicted molar refractivity (Wildman–Crippen MR) is 72.0 cm³/mol. The van der Waals surface area contributed by atoms with Crippen LogP contribution < -0.4 is 9.47 Å². The van der Waals surface area contributed by atoms with Crippen molar-refractivity contribution in [3.8, 4) is 17.4 Å². The SMILES string of the molecule is COc1cc([C@@H]2Oc3cc(O)ccc3C[C@H]2O)ccn1. The molecular weight excluding hydrogens is 258 g/mol. The van der Waals surface area contributed by atoms with Crippen LogP contribution in [0.1, 0.15) is 17.2 Å². The molecule has 0 aliphatic carbocycles. The minimum absolute atomic E-state index is 0.145. The molecule has 1 aromatic heterocycles. The lowest BCUT2D eigenvalue weighted by atomic mass is 9.95. The first-order chi connectivity index (χ1) is 9.67. The summed E-state index contributed by atoms with van der Waals surface area (Å²) in [6, 6.07) is 8.43. The van der Waals surface area contributed by atoms with E-state index >= 15 is 0 Å². The number of ether oxygens (including phenoxy) is 2. The molecule has 2 heterocycles. The van der Waals surface area contributed by atoms with Gasteiger partial charge in [-0.3, -0.25) is 0 Å². The topological polar surface area (TPSA) is 71.8 Å². The van der Waals surface area contributed by atoms with Gasteiger partial charge in [0.15, 0.2) is 6.10 Å². The van der Waals surface area contributed by atoms with E-state index in [0.717, 1.165) is 11.1 Å². The van der Waals surface area contributed by atoms with Gasteiger partial charge >= 0.3 is 0 Å². The van der Waals surface area contributed by atoms with Crippen LogP contribution in [-0.2, 0) is 6.42 Å². The van der Waals surface area contributed by atoms with Crippen LogP contribution in [0.5, 0.6) is 17.4 Å². The highest BCUT2D eigenvalue weighted by molar-refractivity contribution is 5.43. The average molecular weight is 273 g/mol. The number of nitrogens with zero attached hydrogens (tertiary/aromatic N) is 1. The van der Waals surface area contributed by atoms with Gasteiger partial charge in [0, 0.05) is 30.3 Å². The summed E-state index contributed by atoms with van der Waals surface area (Å²) < 4.78 is 10.9. The third kappa shape index (κ3) is 2.28. The molecule has 0 bridgehead atoms. The van der Waals surface area contributed by atoms with Crippen molar-refractivity contribution in [1.29, 1.82) is 0 Å². The largest absolute Gasteiger partial charge is 0.508 e. The maximum absolute atomic E-state index is 10.3. The number of aromatic hydroxyl groups is 1. The van der Waals surface area contributed by atoms with Crippen molar-refractivity contribution in [2.24, 2.45) is 0 Å². The Bertz CT molecular complexity index is 629. The Morgan fingerprint density at radius 2 is 2.15 bits per heavy atom. The minimum Gasteiger partial charge on any atom is -0.508 e. The second kappa shape index (κ2) is 5.02. The number of aliphatic hydroxyl groups is 1. The lowest BCUT2D eigenvalue weighted by molar-refractivity contribution is 0.0205. The third-order valence-electron chi connectivity index (χ3n) is 3.38. The Balaban J connectivity index is 1.94. The molecule has 3 rings (SSSR count). The summed E-state index contributed by atoms with van der Waals surface area (Å²) in [4.78, 5) is 4.04. The van der Waals surface area contributed by atoms with Crippen molar-refractivity contribution in [3.63, 3.8) is 0 Å². The Morgan fingerprint density at radius 3 is 2.95 bits per heavy atom. The summed E-state index contributed by atoms with van der Waals surface area (Å²) in [5.41, 5.74) is 1.67. The Morgan fingerprint density at radius 1 is 1.30 bits per heavy atom. The van der Waals surface area contributed by atoms with Gasteiger partial charge < -0.3 is 19.7 Å². The quantitative estimate of drug-likeness (QED) is 0.873. The standard InChI is InChI=1S/C15H15NO4/c1-19-14-7-10(4-5-16-14)15-12(18)6-9-2-3-11(17)8-13(9)20-15/h2-5,7-8,12,15,17-18H,6H2,1H3/t12-,15+/m1/s1. The van der Waals surface area contributed by atoms with E-state index in [-0.39, 0.29) is 5.75 Å². The zero-order chi connectivity index (χ0) is 14.1. The summed E-state index contributed by atoms with van der Waals surface area (Å²) in [5.74, 6) is 1.21. The highest BCUT2D eigenvalue weighted by Gasteiger charge is 2.30. The molecule has 1 aromatic carbocycles. The van der Waals surface area contributed by atoms with Gasteiger partial charge in [-0.25, -0.2) is 4.98 Å². The monoisotopic (exact) mass is 273 g/mol. The number of benzene rings is 1. The minimum atomic E-state index is -0.654. The molecule has 2 aromatic rings. The second-order valence-corrected chi connectivity index (χ2v) is 4.73. The Kier molecular flexibility index (Phi) is 3.20. The third-order valence-corrected chi connectivity index (χ3v) is 3.38. The highest BCUT2D eigenvalue weighted by Crippen LogP contribution is 2.37. The van der Waals surface area contributed by atoms with Crippen molar-refractivity contribution < 1.29 is 19.7 Å². The fraction of sp³-hybridized carbons (Fsp3) is 0.267. The van der Waals surface area contributed by atoms with Gasteiger partial charge in [-0.15, -0.1) is 0 Å². The van der Waals surface area contributed by atoms with Crippen LogP contribution in [0, 0.1) is 0 Å². The molecular formula is C15H15NO4. The van der Waals surface area contributed by atoms with Crippen LogP contribution in [-0.4, -0.2) is 28.4 Å². The van der Waals surface area contributed by atoms with Crippen LogP contribution in [0.2, 0.25) is 0 Å². The number of phenolic OH excluding ortho intramolecular Hbond substituents is 1. The number of hydrogen-bond acceptors (Lipinski definition) is 5. The van der Waals surface area contributed by atoms with Crippen molar-refractivity contribution in [3.05, 3.63) is 47.7 Å². The first-order valence-corrected chi connectivity index (χ1v) is 6.34. The average Bonchev–Trinajstić information content (AvgIpc) is 2.47. The molecule has 2 atom stereocenters. The van der Waals surface area contributed by atoms with Crippen molar-refractivity contribution in [2.75, 3.05) is 7.11 Å². The fourth-order valence-electron chi connectivity index (χ4n) is 2.37. The molecule has 0 radical (unpaired) electrons. The molecule has 5 heteroatoms. The van der Waals surface area contributed by atoms with Gasteiger partial charge in [0.1, 0.15) is 11.5 Å². The number of aromatic nitrogens is 1. The first-order valence-electron chi connectivity index (χ1n) is 6.34. The molecule has 104 valence electrons. The number of methoxy groups -OCH3 is 1. The first kappa shape index (κ1) is 12.7. The second-order valence-electron chi connectivity index (χ2n) is 4.73. The number of hydrogen-bond donors (Lipinski definition) is 2. The predicted octanol–water partition coefficient (Wildman–Crippen LogP) is 1.83. The van der Waals surface area contributed by atoms with Crippen molar-refractivity contribution in [2.45, 2.75) is 18.6 Å². The zero-order valence-corrected chi connectivity index (χ0v) is 11.0. The molecule has 5 nitrogen and oxygen atoms in total. The molecule has 0 fully saturated rings. The van der Waals surface area contributed by atoms with Crippen molar-refractivity contribution in [1.82, 2.24) is 4.98 Å². The molecule has 20 heavy (non-hydrogen) atoms. The van der Waals surface area contributed by atoms with Gasteiger partial charge in [-0.1, -0.05) is 6.07 Å². The molecule has 0 unspecified atom stereocenters. The number of aliphatic hydroxyl groups excluding tert-OH is 1. The zero-order valence-electron chi connectivity index (χ0n) is 11.0. The van der Waals surface area contributed by atoms with Gasteiger partial charge in [0.25, 0.3) is 0 Å². The van der Waals surface area contributed by atoms with Gasteiger partial charge in [0.2, 0.25) is 5.88 Å². The number of phenols is 1. The molecule has 1 aliphatic rings. The Labute approximate surface area is 116 Å². The van der Waals surface area contributed by atoms with E-state index in [9.17, 15) is 10.2 Å². The summed E-state index contributed by atoms with van der Waals surface area (Å²) in [6.07, 6.45) is 0.938. The van der Waals surface area contributed by atoms with E-state index in [1.165, 1.54) is 7.11 Å². The van der Waals surface area contributed by atoms with E-state index in [2.05, 4.69) is 4.98 Å². The van der Waals surface area contributed by atoms with E-state index in [1.54, 1.807) is 36.5 Å². The summed E-state index contributed by atoms with van der Waals surface area (Å²) >= 11 is 0. The van der Waals surface area contributed by atoms with Gasteiger partial charge in [-0.2, -0.15) is 0 Å². The fourth-order valence-corrected chi connectivity index (χ4v) is 2.37. The van der Waals surface area contributed by atoms with Crippen LogP contribution in [0.4, 0.5) is 0 Å². The Hall–Kier alpha value is -2.27. The summed E-state index contributed by atoms with van der Waals surface area (Å²) in [6.45, 7) is 0. The van der Waals surface area contributed by atoms with E-state index in [1.807, 2.05) is 0 Å². The molecule has 2 N–H and O–H groups in total. The highest BCUT2D eigenvalue weighted by atomic mass is 16.5. The summed E-state index contributed by atoms with van der Waals surface area (Å²) in [5, 5.41) is 19.8. The molecule has 0 amide bonds. The number of fused-ring (bicyclic) bond motifs is 1. The molecule has 0 saturated carbocycles. The lowest BCUT2D eigenvalue weighted by Gasteiger charge is -2.31. The number of pyridine rings is 1. The maximum Gasteiger partial charge on any atom is 0.213 e. The van der Waals surface area contributed by atoms with Gasteiger partial charge in [0.05, 0.1) is 13.2 Å². The number of rotatable bonds is 2. The van der Waals surface area contributed by atoms with E-state index in [0.29, 0.717) is 18.1 Å². The van der Waals surface area contributed by atoms with E-state index in [4.69, 9.17) is 9.47 Å². The smallest absolute Gasteiger partial charge is 0.213 e. The summed E-state index contributed by atoms with van der Waals surface area (Å²) in [7, 11) is 1.54. The lowest BCUT2D eigenvalue weighted by Crippen LogP contribution is -2.30.